The van der Waals surface area contributed by atoms with Crippen molar-refractivity contribution in [3.63, 3.8) is 0 Å². The molecule has 0 bridgehead atoms. The van der Waals surface area contributed by atoms with Crippen molar-refractivity contribution in [1.82, 2.24) is 10.2 Å². The minimum atomic E-state index is -0.856. The van der Waals surface area contributed by atoms with Crippen molar-refractivity contribution in [2.24, 2.45) is 0 Å². The summed E-state index contributed by atoms with van der Waals surface area (Å²) < 4.78 is 0. The van der Waals surface area contributed by atoms with Gasteiger partial charge in [0.05, 0.1) is 6.54 Å². The molecule has 0 saturated carbocycles. The molecule has 1 aromatic carbocycles. The molecular formula is C14H18Cl2N2O3. The van der Waals surface area contributed by atoms with Crippen molar-refractivity contribution < 1.29 is 14.7 Å². The minimum absolute atomic E-state index is 0. The van der Waals surface area contributed by atoms with Crippen molar-refractivity contribution in [3.8, 4) is 0 Å². The van der Waals surface area contributed by atoms with Crippen LogP contribution in [-0.4, -0.2) is 41.0 Å². The first kappa shape index (κ1) is 17.8. The summed E-state index contributed by atoms with van der Waals surface area (Å²) in [6.45, 7) is 1.17. The van der Waals surface area contributed by atoms with Gasteiger partial charge in [0.2, 0.25) is 5.91 Å². The molecule has 116 valence electrons. The number of amides is 1. The summed E-state index contributed by atoms with van der Waals surface area (Å²) in [5.74, 6) is -1.02. The van der Waals surface area contributed by atoms with E-state index in [1.165, 1.54) is 0 Å². The molecule has 1 saturated heterocycles. The van der Waals surface area contributed by atoms with E-state index in [4.69, 9.17) is 16.7 Å². The second-order valence-electron chi connectivity index (χ2n) is 4.87. The standard InChI is InChI=1S/C14H17ClN2O3.ClH/c15-11-4-1-3-10(7-11)8-16-13(18)9-17-6-2-5-12(17)14(19)20;/h1,3-4,7,12H,2,5-6,8-9H2,(H,16,18)(H,19,20);1H/t12-;/m1./s1. The average molecular weight is 333 g/mol. The van der Waals surface area contributed by atoms with Crippen LogP contribution in [-0.2, 0) is 16.1 Å². The van der Waals surface area contributed by atoms with Gasteiger partial charge in [0, 0.05) is 11.6 Å². The molecule has 0 aliphatic carbocycles. The number of hydrogen-bond acceptors (Lipinski definition) is 3. The number of aliphatic carboxylic acids is 1. The van der Waals surface area contributed by atoms with Gasteiger partial charge >= 0.3 is 5.97 Å². The van der Waals surface area contributed by atoms with Gasteiger partial charge in [0.1, 0.15) is 6.04 Å². The zero-order valence-electron chi connectivity index (χ0n) is 11.4. The summed E-state index contributed by atoms with van der Waals surface area (Å²) in [5, 5.41) is 12.5. The van der Waals surface area contributed by atoms with Gasteiger partial charge in [-0.25, -0.2) is 0 Å². The predicted molar refractivity (Wildman–Crippen MR) is 82.8 cm³/mol. The van der Waals surface area contributed by atoms with Crippen molar-refractivity contribution in [2.45, 2.75) is 25.4 Å². The average Bonchev–Trinajstić information content (AvgIpc) is 2.85. The summed E-state index contributed by atoms with van der Waals surface area (Å²) >= 11 is 5.87. The Bertz CT molecular complexity index is 511. The van der Waals surface area contributed by atoms with Crippen LogP contribution >= 0.6 is 24.0 Å². The van der Waals surface area contributed by atoms with Crippen LogP contribution in [0.4, 0.5) is 0 Å². The summed E-state index contributed by atoms with van der Waals surface area (Å²) in [5.41, 5.74) is 0.919. The Balaban J connectivity index is 0.00000220. The first-order chi connectivity index (χ1) is 9.56. The van der Waals surface area contributed by atoms with Crippen molar-refractivity contribution >= 4 is 35.9 Å². The number of carboxylic acids is 1. The molecule has 1 amide bonds. The Hall–Kier alpha value is -1.30. The quantitative estimate of drug-likeness (QED) is 0.864. The van der Waals surface area contributed by atoms with Gasteiger partial charge in [0.25, 0.3) is 0 Å². The zero-order valence-corrected chi connectivity index (χ0v) is 13.0. The van der Waals surface area contributed by atoms with Crippen LogP contribution in [0, 0.1) is 0 Å². The highest BCUT2D eigenvalue weighted by atomic mass is 35.5. The molecule has 2 N–H and O–H groups in total. The molecule has 0 radical (unpaired) electrons. The Labute approximate surface area is 134 Å². The summed E-state index contributed by atoms with van der Waals surface area (Å²) in [6.07, 6.45) is 1.43. The molecule has 0 unspecified atom stereocenters. The molecule has 1 atom stereocenters. The fraction of sp³-hybridized carbons (Fsp3) is 0.429. The lowest BCUT2D eigenvalue weighted by atomic mass is 10.2. The highest BCUT2D eigenvalue weighted by molar-refractivity contribution is 6.30. The maximum Gasteiger partial charge on any atom is 0.320 e. The van der Waals surface area contributed by atoms with E-state index in [1.807, 2.05) is 12.1 Å². The molecule has 5 nitrogen and oxygen atoms in total. The Kier molecular flexibility index (Phi) is 6.95. The number of likely N-dealkylation sites (tertiary alicyclic amines) is 1. The lowest BCUT2D eigenvalue weighted by molar-refractivity contribution is -0.142. The Morgan fingerprint density at radius 3 is 2.86 bits per heavy atom. The number of carbonyl (C=O) groups is 2. The van der Waals surface area contributed by atoms with E-state index in [0.717, 1.165) is 12.0 Å². The molecule has 1 aliphatic heterocycles. The number of benzene rings is 1. The van der Waals surface area contributed by atoms with E-state index in [0.29, 0.717) is 24.5 Å². The summed E-state index contributed by atoms with van der Waals surface area (Å²) in [7, 11) is 0. The monoisotopic (exact) mass is 332 g/mol. The first-order valence-corrected chi connectivity index (χ1v) is 6.92. The predicted octanol–water partition coefficient (Wildman–Crippen LogP) is 1.93. The molecule has 0 aromatic heterocycles. The third-order valence-corrected chi connectivity index (χ3v) is 3.61. The smallest absolute Gasteiger partial charge is 0.320 e. The van der Waals surface area contributed by atoms with Crippen LogP contribution in [0.25, 0.3) is 0 Å². The van der Waals surface area contributed by atoms with Crippen molar-refractivity contribution in [3.05, 3.63) is 34.9 Å². The molecule has 1 aliphatic rings. The van der Waals surface area contributed by atoms with Crippen LogP contribution in [0.15, 0.2) is 24.3 Å². The Morgan fingerprint density at radius 1 is 1.43 bits per heavy atom. The van der Waals surface area contributed by atoms with Gasteiger partial charge in [-0.2, -0.15) is 0 Å². The first-order valence-electron chi connectivity index (χ1n) is 6.54. The van der Waals surface area contributed by atoms with Gasteiger partial charge in [-0.3, -0.25) is 14.5 Å². The lowest BCUT2D eigenvalue weighted by Gasteiger charge is -2.20. The number of hydrogen-bond donors (Lipinski definition) is 2. The van der Waals surface area contributed by atoms with E-state index in [-0.39, 0.29) is 24.9 Å². The maximum absolute atomic E-state index is 11.8. The number of halogens is 2. The van der Waals surface area contributed by atoms with Gasteiger partial charge in [-0.15, -0.1) is 12.4 Å². The second-order valence-corrected chi connectivity index (χ2v) is 5.31. The zero-order chi connectivity index (χ0) is 14.5. The lowest BCUT2D eigenvalue weighted by Crippen LogP contribution is -2.42. The van der Waals surface area contributed by atoms with E-state index < -0.39 is 12.0 Å². The van der Waals surface area contributed by atoms with Crippen molar-refractivity contribution in [2.75, 3.05) is 13.1 Å². The molecule has 2 rings (SSSR count). The molecular weight excluding hydrogens is 315 g/mol. The van der Waals surface area contributed by atoms with Gasteiger partial charge in [-0.1, -0.05) is 23.7 Å². The van der Waals surface area contributed by atoms with E-state index in [1.54, 1.807) is 17.0 Å². The second kappa shape index (κ2) is 8.22. The normalized spacial score (nSPS) is 18.0. The highest BCUT2D eigenvalue weighted by Gasteiger charge is 2.31. The third-order valence-electron chi connectivity index (χ3n) is 3.37. The fourth-order valence-corrected chi connectivity index (χ4v) is 2.60. The van der Waals surface area contributed by atoms with Crippen molar-refractivity contribution in [1.29, 1.82) is 0 Å². The van der Waals surface area contributed by atoms with Crippen LogP contribution < -0.4 is 5.32 Å². The van der Waals surface area contributed by atoms with Gasteiger partial charge in [0.15, 0.2) is 0 Å². The topological polar surface area (TPSA) is 69.6 Å². The highest BCUT2D eigenvalue weighted by Crippen LogP contribution is 2.16. The van der Waals surface area contributed by atoms with E-state index in [2.05, 4.69) is 5.32 Å². The number of carboxylic acid groups (broad SMARTS) is 1. The van der Waals surface area contributed by atoms with Crippen LogP contribution in [0.3, 0.4) is 0 Å². The molecule has 7 heteroatoms. The number of nitrogens with zero attached hydrogens (tertiary/aromatic N) is 1. The van der Waals surface area contributed by atoms with Crippen LogP contribution in [0.1, 0.15) is 18.4 Å². The van der Waals surface area contributed by atoms with E-state index in [9.17, 15) is 9.59 Å². The maximum atomic E-state index is 11.8. The molecule has 1 aromatic rings. The number of nitrogens with one attached hydrogen (secondary N) is 1. The third kappa shape index (κ3) is 5.19. The fourth-order valence-electron chi connectivity index (χ4n) is 2.38. The van der Waals surface area contributed by atoms with Gasteiger partial charge < -0.3 is 10.4 Å². The van der Waals surface area contributed by atoms with Crippen LogP contribution in [0.5, 0.6) is 0 Å². The molecule has 1 heterocycles. The number of carbonyl (C=O) groups excluding carboxylic acids is 1. The molecule has 21 heavy (non-hydrogen) atoms. The minimum Gasteiger partial charge on any atom is -0.480 e. The SMILES string of the molecule is Cl.O=C(CN1CCC[C@@H]1C(=O)O)NCc1cccc(Cl)c1. The van der Waals surface area contributed by atoms with E-state index >= 15 is 0 Å². The van der Waals surface area contributed by atoms with Gasteiger partial charge in [-0.05, 0) is 37.1 Å². The summed E-state index contributed by atoms with van der Waals surface area (Å²) in [4.78, 5) is 24.6. The largest absolute Gasteiger partial charge is 0.480 e. The molecule has 0 spiro atoms. The number of rotatable bonds is 5. The summed E-state index contributed by atoms with van der Waals surface area (Å²) in [6, 6.07) is 6.73. The Morgan fingerprint density at radius 2 is 2.19 bits per heavy atom. The van der Waals surface area contributed by atoms with Crippen LogP contribution in [0.2, 0.25) is 5.02 Å². The molecule has 1 fully saturated rings.